The molecule has 5 nitrogen and oxygen atoms in total. The van der Waals surface area contributed by atoms with Gasteiger partial charge >= 0.3 is 0 Å². The van der Waals surface area contributed by atoms with Crippen molar-refractivity contribution >= 4 is 0 Å². The van der Waals surface area contributed by atoms with E-state index in [2.05, 4.69) is 20.9 Å². The van der Waals surface area contributed by atoms with Gasteiger partial charge in [-0.15, -0.1) is 0 Å². The highest BCUT2D eigenvalue weighted by Crippen LogP contribution is 2.29. The average molecular weight is 273 g/mol. The van der Waals surface area contributed by atoms with Crippen molar-refractivity contribution in [1.29, 1.82) is 0 Å². The molecule has 20 heavy (non-hydrogen) atoms. The standard InChI is InChI=1S/C15H19N3O2/c1-18(10-12-5-4-7-16-9-12)11-13-15(20-3)14(19-2)6-8-17-13/h4-9H,10-11H2,1-3H3. The topological polar surface area (TPSA) is 47.5 Å². The van der Waals surface area contributed by atoms with Gasteiger partial charge in [-0.25, -0.2) is 0 Å². The quantitative estimate of drug-likeness (QED) is 0.807. The third kappa shape index (κ3) is 3.45. The number of rotatable bonds is 6. The molecule has 0 aliphatic heterocycles. The molecule has 0 bridgehead atoms. The summed E-state index contributed by atoms with van der Waals surface area (Å²) in [7, 11) is 5.29. The molecular weight excluding hydrogens is 254 g/mol. The first-order chi connectivity index (χ1) is 9.74. The molecule has 2 rings (SSSR count). The fourth-order valence-electron chi connectivity index (χ4n) is 2.08. The van der Waals surface area contributed by atoms with Gasteiger partial charge in [0.2, 0.25) is 0 Å². The molecule has 2 aromatic rings. The molecule has 0 N–H and O–H groups in total. The van der Waals surface area contributed by atoms with Crippen LogP contribution in [0.25, 0.3) is 0 Å². The Balaban J connectivity index is 2.09. The van der Waals surface area contributed by atoms with E-state index in [1.54, 1.807) is 32.7 Å². The lowest BCUT2D eigenvalue weighted by Crippen LogP contribution is -2.18. The van der Waals surface area contributed by atoms with E-state index in [1.165, 1.54) is 0 Å². The van der Waals surface area contributed by atoms with Gasteiger partial charge in [-0.05, 0) is 18.7 Å². The molecule has 0 amide bonds. The van der Waals surface area contributed by atoms with E-state index in [0.717, 1.165) is 17.8 Å². The molecule has 0 radical (unpaired) electrons. The van der Waals surface area contributed by atoms with Crippen molar-refractivity contribution in [1.82, 2.24) is 14.9 Å². The number of hydrogen-bond acceptors (Lipinski definition) is 5. The average Bonchev–Trinajstić information content (AvgIpc) is 2.47. The van der Waals surface area contributed by atoms with Gasteiger partial charge in [0, 0.05) is 37.7 Å². The SMILES string of the molecule is COc1ccnc(CN(C)Cc2cccnc2)c1OC. The summed E-state index contributed by atoms with van der Waals surface area (Å²) >= 11 is 0. The maximum atomic E-state index is 5.39. The van der Waals surface area contributed by atoms with Gasteiger partial charge < -0.3 is 9.47 Å². The fraction of sp³-hybridized carbons (Fsp3) is 0.333. The summed E-state index contributed by atoms with van der Waals surface area (Å²) in [5, 5.41) is 0. The van der Waals surface area contributed by atoms with Crippen LogP contribution in [-0.2, 0) is 13.1 Å². The van der Waals surface area contributed by atoms with E-state index in [4.69, 9.17) is 9.47 Å². The summed E-state index contributed by atoms with van der Waals surface area (Å²) < 4.78 is 10.7. The van der Waals surface area contributed by atoms with Crippen LogP contribution in [0.15, 0.2) is 36.8 Å². The lowest BCUT2D eigenvalue weighted by atomic mass is 10.2. The second-order valence-corrected chi connectivity index (χ2v) is 4.53. The summed E-state index contributed by atoms with van der Waals surface area (Å²) in [5.41, 5.74) is 2.02. The number of nitrogens with zero attached hydrogens (tertiary/aromatic N) is 3. The van der Waals surface area contributed by atoms with Crippen molar-refractivity contribution < 1.29 is 9.47 Å². The van der Waals surface area contributed by atoms with Crippen LogP contribution < -0.4 is 9.47 Å². The number of pyridine rings is 2. The van der Waals surface area contributed by atoms with Crippen LogP contribution in [0.4, 0.5) is 0 Å². The highest BCUT2D eigenvalue weighted by molar-refractivity contribution is 5.42. The normalized spacial score (nSPS) is 10.6. The maximum Gasteiger partial charge on any atom is 0.183 e. The van der Waals surface area contributed by atoms with Gasteiger partial charge in [0.05, 0.1) is 14.2 Å². The summed E-state index contributed by atoms with van der Waals surface area (Å²) in [5.74, 6) is 1.39. The zero-order chi connectivity index (χ0) is 14.4. The second-order valence-electron chi connectivity index (χ2n) is 4.53. The molecule has 0 saturated carbocycles. The van der Waals surface area contributed by atoms with Crippen molar-refractivity contribution in [2.75, 3.05) is 21.3 Å². The molecule has 0 aliphatic rings. The summed E-state index contributed by atoms with van der Waals surface area (Å²) in [4.78, 5) is 10.7. The molecule has 2 heterocycles. The Morgan fingerprint density at radius 1 is 1.10 bits per heavy atom. The first-order valence-corrected chi connectivity index (χ1v) is 6.38. The molecule has 0 spiro atoms. The molecule has 0 unspecified atom stereocenters. The summed E-state index contributed by atoms with van der Waals surface area (Å²) in [6.07, 6.45) is 5.37. The first kappa shape index (κ1) is 14.3. The van der Waals surface area contributed by atoms with E-state index in [-0.39, 0.29) is 0 Å². The number of hydrogen-bond donors (Lipinski definition) is 0. The fourth-order valence-corrected chi connectivity index (χ4v) is 2.08. The predicted octanol–water partition coefficient (Wildman–Crippen LogP) is 2.13. The third-order valence-electron chi connectivity index (χ3n) is 2.96. The van der Waals surface area contributed by atoms with Crippen LogP contribution in [-0.4, -0.2) is 36.1 Å². The van der Waals surface area contributed by atoms with Crippen LogP contribution in [0.5, 0.6) is 11.5 Å². The van der Waals surface area contributed by atoms with Gasteiger partial charge in [0.25, 0.3) is 0 Å². The smallest absolute Gasteiger partial charge is 0.183 e. The maximum absolute atomic E-state index is 5.39. The van der Waals surface area contributed by atoms with E-state index in [1.807, 2.05) is 19.3 Å². The van der Waals surface area contributed by atoms with E-state index >= 15 is 0 Å². The minimum absolute atomic E-state index is 0.676. The van der Waals surface area contributed by atoms with Gasteiger partial charge in [-0.3, -0.25) is 14.9 Å². The minimum Gasteiger partial charge on any atom is -0.493 e. The third-order valence-corrected chi connectivity index (χ3v) is 2.96. The Morgan fingerprint density at radius 3 is 2.60 bits per heavy atom. The molecule has 5 heteroatoms. The van der Waals surface area contributed by atoms with Crippen LogP contribution in [0.1, 0.15) is 11.3 Å². The van der Waals surface area contributed by atoms with E-state index in [9.17, 15) is 0 Å². The van der Waals surface area contributed by atoms with Gasteiger partial charge in [-0.2, -0.15) is 0 Å². The molecule has 0 fully saturated rings. The van der Waals surface area contributed by atoms with Crippen molar-refractivity contribution in [2.24, 2.45) is 0 Å². The van der Waals surface area contributed by atoms with Crippen molar-refractivity contribution in [3.8, 4) is 11.5 Å². The number of methoxy groups -OCH3 is 2. The zero-order valence-electron chi connectivity index (χ0n) is 12.0. The molecule has 106 valence electrons. The van der Waals surface area contributed by atoms with Gasteiger partial charge in [-0.1, -0.05) is 6.07 Å². The molecular formula is C15H19N3O2. The van der Waals surface area contributed by atoms with Crippen molar-refractivity contribution in [2.45, 2.75) is 13.1 Å². The van der Waals surface area contributed by atoms with Crippen LogP contribution >= 0.6 is 0 Å². The molecule has 0 saturated heterocycles. The molecule has 2 aromatic heterocycles. The molecule has 0 aromatic carbocycles. The Kier molecular flexibility index (Phi) is 4.90. The first-order valence-electron chi connectivity index (χ1n) is 6.38. The number of ether oxygens (including phenoxy) is 2. The Labute approximate surface area is 119 Å². The van der Waals surface area contributed by atoms with E-state index < -0.39 is 0 Å². The predicted molar refractivity (Wildman–Crippen MR) is 76.7 cm³/mol. The monoisotopic (exact) mass is 273 g/mol. The Morgan fingerprint density at radius 2 is 1.95 bits per heavy atom. The van der Waals surface area contributed by atoms with Gasteiger partial charge in [0.15, 0.2) is 11.5 Å². The van der Waals surface area contributed by atoms with Crippen molar-refractivity contribution in [3.63, 3.8) is 0 Å². The largest absolute Gasteiger partial charge is 0.493 e. The number of aromatic nitrogens is 2. The van der Waals surface area contributed by atoms with Crippen LogP contribution in [0, 0.1) is 0 Å². The lowest BCUT2D eigenvalue weighted by Gasteiger charge is -2.18. The Bertz CT molecular complexity index is 546. The summed E-state index contributed by atoms with van der Waals surface area (Å²) in [6, 6.07) is 5.79. The second kappa shape index (κ2) is 6.86. The summed E-state index contributed by atoms with van der Waals surface area (Å²) in [6.45, 7) is 1.48. The van der Waals surface area contributed by atoms with Gasteiger partial charge in [0.1, 0.15) is 5.69 Å². The van der Waals surface area contributed by atoms with Crippen LogP contribution in [0.3, 0.4) is 0 Å². The Hall–Kier alpha value is -2.14. The zero-order valence-corrected chi connectivity index (χ0v) is 12.0. The highest BCUT2D eigenvalue weighted by Gasteiger charge is 2.13. The molecule has 0 aliphatic carbocycles. The minimum atomic E-state index is 0.676. The van der Waals surface area contributed by atoms with Crippen LogP contribution in [0.2, 0.25) is 0 Å². The lowest BCUT2D eigenvalue weighted by molar-refractivity contribution is 0.298. The highest BCUT2D eigenvalue weighted by atomic mass is 16.5. The molecule has 0 atom stereocenters. The van der Waals surface area contributed by atoms with E-state index in [0.29, 0.717) is 18.0 Å². The van der Waals surface area contributed by atoms with Crippen molar-refractivity contribution in [3.05, 3.63) is 48.0 Å².